The van der Waals surface area contributed by atoms with E-state index >= 15 is 0 Å². The molecule has 0 bridgehead atoms. The number of rotatable bonds is 2. The van der Waals surface area contributed by atoms with Crippen molar-refractivity contribution in [3.63, 3.8) is 0 Å². The third kappa shape index (κ3) is 1.28. The predicted molar refractivity (Wildman–Crippen MR) is 55.9 cm³/mol. The molecule has 3 rings (SSSR count). The van der Waals surface area contributed by atoms with Crippen molar-refractivity contribution in [2.24, 2.45) is 0 Å². The van der Waals surface area contributed by atoms with E-state index in [1.807, 2.05) is 0 Å². The fourth-order valence-electron chi connectivity index (χ4n) is 2.44. The predicted octanol–water partition coefficient (Wildman–Crippen LogP) is -2.60. The van der Waals surface area contributed by atoms with Gasteiger partial charge in [-0.1, -0.05) is 0 Å². The molecule has 18 heavy (non-hydrogen) atoms. The number of nitrogens with zero attached hydrogens (tertiary/aromatic N) is 2. The summed E-state index contributed by atoms with van der Waals surface area (Å²) in [6, 6.07) is 1.19. The Morgan fingerprint density at radius 3 is 2.94 bits per heavy atom. The first-order valence-electron chi connectivity index (χ1n) is 5.47. The number of hydrogen-bond acceptors (Lipinski definition) is 7. The van der Waals surface area contributed by atoms with Crippen molar-refractivity contribution in [1.82, 2.24) is 9.55 Å². The van der Waals surface area contributed by atoms with E-state index in [9.17, 15) is 15.0 Å². The Labute approximate surface area is 101 Å². The van der Waals surface area contributed by atoms with E-state index in [4.69, 9.17) is 14.6 Å². The molecule has 0 unspecified atom stereocenters. The van der Waals surface area contributed by atoms with Crippen LogP contribution < -0.4 is 10.3 Å². The van der Waals surface area contributed by atoms with Crippen LogP contribution in [0.5, 0.6) is 6.01 Å². The van der Waals surface area contributed by atoms with Gasteiger partial charge < -0.3 is 24.8 Å². The molecule has 2 aliphatic rings. The van der Waals surface area contributed by atoms with E-state index < -0.39 is 42.8 Å². The second-order valence-corrected chi connectivity index (χ2v) is 4.29. The lowest BCUT2D eigenvalue weighted by molar-refractivity contribution is -0.145. The lowest BCUT2D eigenvalue weighted by atomic mass is 10.0. The maximum absolute atomic E-state index is 11.1. The average molecular weight is 256 g/mol. The zero-order chi connectivity index (χ0) is 12.9. The van der Waals surface area contributed by atoms with E-state index in [1.165, 1.54) is 16.8 Å². The smallest absolute Gasteiger partial charge is 0.302 e. The van der Waals surface area contributed by atoms with Crippen LogP contribution in [0.3, 0.4) is 0 Å². The maximum atomic E-state index is 11.1. The minimum absolute atomic E-state index is 0.0167. The molecule has 3 heterocycles. The van der Waals surface area contributed by atoms with Crippen molar-refractivity contribution in [1.29, 1.82) is 0 Å². The molecule has 0 spiro atoms. The number of aromatic nitrogens is 2. The Hall–Kier alpha value is -1.48. The summed E-state index contributed by atoms with van der Waals surface area (Å²) in [6.45, 7) is -0.867. The summed E-state index contributed by atoms with van der Waals surface area (Å²) < 4.78 is 12.2. The zero-order valence-corrected chi connectivity index (χ0v) is 9.26. The van der Waals surface area contributed by atoms with Crippen LogP contribution in [0.15, 0.2) is 17.1 Å². The minimum atomic E-state index is -1.34. The monoisotopic (exact) mass is 256 g/mol. The largest absolute Gasteiger partial charge is 0.453 e. The van der Waals surface area contributed by atoms with Crippen LogP contribution in [0.25, 0.3) is 0 Å². The third-order valence-corrected chi connectivity index (χ3v) is 3.32. The summed E-state index contributed by atoms with van der Waals surface area (Å²) in [7, 11) is 0. The van der Waals surface area contributed by atoms with Crippen molar-refractivity contribution in [3.05, 3.63) is 22.6 Å². The summed E-state index contributed by atoms with van der Waals surface area (Å²) in [5.74, 6) is 0. The van der Waals surface area contributed by atoms with Gasteiger partial charge in [0, 0.05) is 12.3 Å². The highest BCUT2D eigenvalue weighted by atomic mass is 16.6. The summed E-state index contributed by atoms with van der Waals surface area (Å²) in [5, 5.41) is 28.6. The molecule has 1 fully saturated rings. The van der Waals surface area contributed by atoms with Gasteiger partial charge >= 0.3 is 6.01 Å². The van der Waals surface area contributed by atoms with Gasteiger partial charge in [0.05, 0.1) is 13.2 Å². The van der Waals surface area contributed by atoms with Gasteiger partial charge in [0.15, 0.2) is 6.10 Å². The number of aliphatic hydroxyl groups excluding tert-OH is 3. The molecule has 4 atom stereocenters. The fourth-order valence-corrected chi connectivity index (χ4v) is 2.44. The molecule has 0 saturated carbocycles. The standard InChI is InChI=1S/C10H12N2O6/c13-3-5-7(16)8-10(4-14,18-5)12-2-1-6(15)11-9(12)17-8/h1-2,5,7-8,13-14,16H,3-4H2/t5-,7-,8+,10-/m1/s1. The van der Waals surface area contributed by atoms with Gasteiger partial charge in [-0.05, 0) is 0 Å². The van der Waals surface area contributed by atoms with Gasteiger partial charge in [-0.15, -0.1) is 0 Å². The third-order valence-electron chi connectivity index (χ3n) is 3.32. The van der Waals surface area contributed by atoms with Gasteiger partial charge in [-0.25, -0.2) is 0 Å². The van der Waals surface area contributed by atoms with Crippen LogP contribution in [0, 0.1) is 0 Å². The van der Waals surface area contributed by atoms with Crippen LogP contribution >= 0.6 is 0 Å². The molecule has 2 aliphatic heterocycles. The van der Waals surface area contributed by atoms with Crippen LogP contribution in [-0.4, -0.2) is 56.4 Å². The molecule has 1 aromatic heterocycles. The molecule has 98 valence electrons. The summed E-state index contributed by atoms with van der Waals surface area (Å²) in [5.41, 5.74) is -1.83. The van der Waals surface area contributed by atoms with Gasteiger partial charge in [-0.2, -0.15) is 4.98 Å². The fraction of sp³-hybridized carbons (Fsp3) is 0.600. The molecular weight excluding hydrogens is 244 g/mol. The molecule has 0 radical (unpaired) electrons. The molecule has 1 aromatic rings. The first-order valence-corrected chi connectivity index (χ1v) is 5.47. The van der Waals surface area contributed by atoms with Crippen molar-refractivity contribution < 1.29 is 24.8 Å². The van der Waals surface area contributed by atoms with Crippen molar-refractivity contribution in [3.8, 4) is 6.01 Å². The number of aliphatic hydroxyl groups is 3. The van der Waals surface area contributed by atoms with Crippen molar-refractivity contribution in [2.75, 3.05) is 13.2 Å². The highest BCUT2D eigenvalue weighted by Gasteiger charge is 2.61. The summed E-state index contributed by atoms with van der Waals surface area (Å²) in [4.78, 5) is 14.8. The normalized spacial score (nSPS) is 37.2. The molecule has 0 amide bonds. The Morgan fingerprint density at radius 1 is 1.50 bits per heavy atom. The van der Waals surface area contributed by atoms with Crippen LogP contribution in [-0.2, 0) is 10.5 Å². The van der Waals surface area contributed by atoms with Gasteiger partial charge in [0.1, 0.15) is 12.2 Å². The quantitative estimate of drug-likeness (QED) is 0.531. The molecule has 8 heteroatoms. The Balaban J connectivity index is 2.11. The molecular formula is C10H12N2O6. The maximum Gasteiger partial charge on any atom is 0.302 e. The zero-order valence-electron chi connectivity index (χ0n) is 9.26. The highest BCUT2D eigenvalue weighted by Crippen LogP contribution is 2.43. The van der Waals surface area contributed by atoms with Crippen molar-refractivity contribution >= 4 is 0 Å². The van der Waals surface area contributed by atoms with Crippen LogP contribution in [0.4, 0.5) is 0 Å². The first kappa shape index (κ1) is 11.6. The average Bonchev–Trinajstić information content (AvgIpc) is 2.82. The van der Waals surface area contributed by atoms with Gasteiger partial charge in [0.2, 0.25) is 5.72 Å². The molecule has 0 aromatic carbocycles. The van der Waals surface area contributed by atoms with Crippen LogP contribution in [0.2, 0.25) is 0 Å². The van der Waals surface area contributed by atoms with E-state index in [2.05, 4.69) is 4.98 Å². The van der Waals surface area contributed by atoms with Gasteiger partial charge in [0.25, 0.3) is 5.56 Å². The van der Waals surface area contributed by atoms with Gasteiger partial charge in [-0.3, -0.25) is 9.36 Å². The lowest BCUT2D eigenvalue weighted by Crippen LogP contribution is -2.45. The number of hydrogen-bond donors (Lipinski definition) is 3. The van der Waals surface area contributed by atoms with E-state index in [-0.39, 0.29) is 6.01 Å². The second kappa shape index (κ2) is 3.75. The molecule has 3 N–H and O–H groups in total. The van der Waals surface area contributed by atoms with E-state index in [0.717, 1.165) is 0 Å². The number of ether oxygens (including phenoxy) is 2. The first-order chi connectivity index (χ1) is 8.62. The Morgan fingerprint density at radius 2 is 2.28 bits per heavy atom. The minimum Gasteiger partial charge on any atom is -0.453 e. The Bertz CT molecular complexity index is 531. The Kier molecular flexibility index (Phi) is 2.42. The second-order valence-electron chi connectivity index (χ2n) is 4.29. The highest BCUT2D eigenvalue weighted by molar-refractivity contribution is 5.16. The lowest BCUT2D eigenvalue weighted by Gasteiger charge is -2.26. The van der Waals surface area contributed by atoms with Crippen molar-refractivity contribution in [2.45, 2.75) is 24.0 Å². The van der Waals surface area contributed by atoms with Crippen LogP contribution in [0.1, 0.15) is 0 Å². The van der Waals surface area contributed by atoms with E-state index in [0.29, 0.717) is 0 Å². The molecule has 0 aliphatic carbocycles. The summed E-state index contributed by atoms with van der Waals surface area (Å²) in [6.07, 6.45) is -1.49. The van der Waals surface area contributed by atoms with E-state index in [1.54, 1.807) is 0 Å². The topological polar surface area (TPSA) is 114 Å². The summed E-state index contributed by atoms with van der Waals surface area (Å²) >= 11 is 0. The SMILES string of the molecule is O=c1ccn2c(n1)O[C@H]1[C@H](O)[C@@H](CO)O[C@]12CO. The molecule has 1 saturated heterocycles. The molecule has 8 nitrogen and oxygen atoms in total. The number of fused-ring (bicyclic) bond motifs is 3.